The number of benzene rings is 1. The third-order valence-corrected chi connectivity index (χ3v) is 4.30. The fourth-order valence-corrected chi connectivity index (χ4v) is 2.52. The summed E-state index contributed by atoms with van der Waals surface area (Å²) in [6, 6.07) is 8.08. The van der Waals surface area contributed by atoms with Crippen molar-refractivity contribution in [1.82, 2.24) is 5.32 Å². The zero-order valence-electron chi connectivity index (χ0n) is 12.3. The van der Waals surface area contributed by atoms with Crippen LogP contribution in [-0.4, -0.2) is 29.7 Å². The first-order valence-corrected chi connectivity index (χ1v) is 7.40. The third kappa shape index (κ3) is 3.31. The molecule has 0 radical (unpaired) electrons. The van der Waals surface area contributed by atoms with Crippen LogP contribution in [0.1, 0.15) is 32.3 Å². The molecule has 0 saturated heterocycles. The molecule has 4 heteroatoms. The molecule has 0 aromatic heterocycles. The van der Waals surface area contributed by atoms with Gasteiger partial charge in [0.05, 0.1) is 11.5 Å². The number of para-hydroxylation sites is 1. The van der Waals surface area contributed by atoms with Gasteiger partial charge in [-0.1, -0.05) is 32.0 Å². The molecule has 1 aliphatic rings. The van der Waals surface area contributed by atoms with Crippen LogP contribution in [0.4, 0.5) is 5.69 Å². The van der Waals surface area contributed by atoms with E-state index in [0.29, 0.717) is 25.9 Å². The second-order valence-electron chi connectivity index (χ2n) is 5.59. The summed E-state index contributed by atoms with van der Waals surface area (Å²) in [4.78, 5) is 12.2. The van der Waals surface area contributed by atoms with Crippen LogP contribution in [0, 0.1) is 5.92 Å². The Morgan fingerprint density at radius 3 is 2.80 bits per heavy atom. The molecule has 1 amide bonds. The smallest absolute Gasteiger partial charge is 0.225 e. The van der Waals surface area contributed by atoms with Crippen molar-refractivity contribution in [3.8, 4) is 0 Å². The van der Waals surface area contributed by atoms with E-state index in [9.17, 15) is 9.90 Å². The summed E-state index contributed by atoms with van der Waals surface area (Å²) < 4.78 is 0. The lowest BCUT2D eigenvalue weighted by molar-refractivity contribution is -0.126. The Morgan fingerprint density at radius 1 is 1.40 bits per heavy atom. The van der Waals surface area contributed by atoms with Gasteiger partial charge in [0.25, 0.3) is 0 Å². The van der Waals surface area contributed by atoms with Crippen molar-refractivity contribution in [2.24, 2.45) is 5.92 Å². The van der Waals surface area contributed by atoms with E-state index in [1.54, 1.807) is 0 Å². The SMILES string of the molecule is CCC(O)(CC)CNC(=O)C1CNc2ccccc2C1. The van der Waals surface area contributed by atoms with Gasteiger partial charge >= 0.3 is 0 Å². The predicted molar refractivity (Wildman–Crippen MR) is 80.7 cm³/mol. The lowest BCUT2D eigenvalue weighted by Crippen LogP contribution is -2.46. The molecule has 0 spiro atoms. The number of hydrogen-bond acceptors (Lipinski definition) is 3. The van der Waals surface area contributed by atoms with Gasteiger partial charge in [0, 0.05) is 18.8 Å². The molecule has 1 unspecified atom stereocenters. The zero-order valence-corrected chi connectivity index (χ0v) is 12.3. The Bertz CT molecular complexity index is 469. The standard InChI is InChI=1S/C16H24N2O2/c1-3-16(20,4-2)11-18-15(19)13-9-12-7-5-6-8-14(12)17-10-13/h5-8,13,17,20H,3-4,9-11H2,1-2H3,(H,18,19). The second-order valence-corrected chi connectivity index (χ2v) is 5.59. The molecular weight excluding hydrogens is 252 g/mol. The highest BCUT2D eigenvalue weighted by molar-refractivity contribution is 5.80. The van der Waals surface area contributed by atoms with Crippen LogP contribution in [-0.2, 0) is 11.2 Å². The molecule has 0 saturated carbocycles. The topological polar surface area (TPSA) is 61.4 Å². The molecule has 20 heavy (non-hydrogen) atoms. The van der Waals surface area contributed by atoms with E-state index in [4.69, 9.17) is 0 Å². The van der Waals surface area contributed by atoms with E-state index in [0.717, 1.165) is 12.1 Å². The summed E-state index contributed by atoms with van der Waals surface area (Å²) >= 11 is 0. The summed E-state index contributed by atoms with van der Waals surface area (Å²) in [5.74, 6) is -0.0461. The molecule has 2 rings (SSSR count). The normalized spacial score (nSPS) is 18.1. The van der Waals surface area contributed by atoms with Crippen molar-refractivity contribution in [3.63, 3.8) is 0 Å². The Balaban J connectivity index is 1.92. The average Bonchev–Trinajstić information content (AvgIpc) is 2.51. The zero-order chi connectivity index (χ0) is 14.6. The molecule has 1 aromatic rings. The van der Waals surface area contributed by atoms with Gasteiger partial charge in [0.1, 0.15) is 0 Å². The number of rotatable bonds is 5. The maximum absolute atomic E-state index is 12.2. The van der Waals surface area contributed by atoms with E-state index in [1.807, 2.05) is 32.0 Å². The van der Waals surface area contributed by atoms with E-state index in [2.05, 4.69) is 16.7 Å². The first kappa shape index (κ1) is 14.9. The highest BCUT2D eigenvalue weighted by Gasteiger charge is 2.27. The number of anilines is 1. The number of aliphatic hydroxyl groups is 1. The number of amides is 1. The summed E-state index contributed by atoms with van der Waals surface area (Å²) in [5, 5.41) is 16.4. The maximum Gasteiger partial charge on any atom is 0.225 e. The largest absolute Gasteiger partial charge is 0.388 e. The lowest BCUT2D eigenvalue weighted by Gasteiger charge is -2.29. The van der Waals surface area contributed by atoms with Crippen molar-refractivity contribution in [2.75, 3.05) is 18.4 Å². The average molecular weight is 276 g/mol. The molecule has 1 aromatic carbocycles. The third-order valence-electron chi connectivity index (χ3n) is 4.30. The summed E-state index contributed by atoms with van der Waals surface area (Å²) in [6.45, 7) is 4.86. The maximum atomic E-state index is 12.2. The highest BCUT2D eigenvalue weighted by atomic mass is 16.3. The molecule has 0 fully saturated rings. The number of carbonyl (C=O) groups excluding carboxylic acids is 1. The number of carbonyl (C=O) groups is 1. The Hall–Kier alpha value is -1.55. The number of nitrogens with one attached hydrogen (secondary N) is 2. The minimum absolute atomic E-state index is 0.0207. The van der Waals surface area contributed by atoms with Crippen molar-refractivity contribution in [2.45, 2.75) is 38.7 Å². The fraction of sp³-hybridized carbons (Fsp3) is 0.562. The predicted octanol–water partition coefficient (Wildman–Crippen LogP) is 1.94. The van der Waals surface area contributed by atoms with Gasteiger partial charge in [0.2, 0.25) is 5.91 Å². The van der Waals surface area contributed by atoms with Gasteiger partial charge in [-0.3, -0.25) is 4.79 Å². The summed E-state index contributed by atoms with van der Waals surface area (Å²) in [6.07, 6.45) is 2.05. The van der Waals surface area contributed by atoms with Gasteiger partial charge in [-0.05, 0) is 30.9 Å². The Kier molecular flexibility index (Phi) is 4.65. The Labute approximate surface area is 120 Å². The van der Waals surface area contributed by atoms with Crippen molar-refractivity contribution >= 4 is 11.6 Å². The summed E-state index contributed by atoms with van der Waals surface area (Å²) in [5.41, 5.74) is 1.52. The molecule has 110 valence electrons. The van der Waals surface area contributed by atoms with Crippen molar-refractivity contribution in [1.29, 1.82) is 0 Å². The second kappa shape index (κ2) is 6.27. The van der Waals surface area contributed by atoms with Crippen LogP contribution >= 0.6 is 0 Å². The number of hydrogen-bond donors (Lipinski definition) is 3. The van der Waals surface area contributed by atoms with E-state index < -0.39 is 5.60 Å². The highest BCUT2D eigenvalue weighted by Crippen LogP contribution is 2.24. The lowest BCUT2D eigenvalue weighted by atomic mass is 9.92. The van der Waals surface area contributed by atoms with Gasteiger partial charge in [-0.25, -0.2) is 0 Å². The molecule has 1 heterocycles. The van der Waals surface area contributed by atoms with Crippen molar-refractivity contribution < 1.29 is 9.90 Å². The van der Waals surface area contributed by atoms with Gasteiger partial charge in [-0.15, -0.1) is 0 Å². The molecule has 1 aliphatic heterocycles. The van der Waals surface area contributed by atoms with Gasteiger partial charge in [-0.2, -0.15) is 0 Å². The van der Waals surface area contributed by atoms with Crippen LogP contribution in [0.25, 0.3) is 0 Å². The van der Waals surface area contributed by atoms with E-state index in [1.165, 1.54) is 5.56 Å². The quantitative estimate of drug-likeness (QED) is 0.770. The molecular formula is C16H24N2O2. The van der Waals surface area contributed by atoms with E-state index in [-0.39, 0.29) is 11.8 Å². The first-order chi connectivity index (χ1) is 9.58. The first-order valence-electron chi connectivity index (χ1n) is 7.40. The van der Waals surface area contributed by atoms with Crippen LogP contribution in [0.2, 0.25) is 0 Å². The van der Waals surface area contributed by atoms with Crippen LogP contribution in [0.3, 0.4) is 0 Å². The molecule has 3 N–H and O–H groups in total. The van der Waals surface area contributed by atoms with Crippen LogP contribution < -0.4 is 10.6 Å². The van der Waals surface area contributed by atoms with Crippen LogP contribution in [0.15, 0.2) is 24.3 Å². The molecule has 0 aliphatic carbocycles. The fourth-order valence-electron chi connectivity index (χ4n) is 2.52. The van der Waals surface area contributed by atoms with E-state index >= 15 is 0 Å². The van der Waals surface area contributed by atoms with Gasteiger partial charge in [0.15, 0.2) is 0 Å². The summed E-state index contributed by atoms with van der Waals surface area (Å²) in [7, 11) is 0. The monoisotopic (exact) mass is 276 g/mol. The molecule has 1 atom stereocenters. The molecule has 0 bridgehead atoms. The minimum atomic E-state index is -0.782. The minimum Gasteiger partial charge on any atom is -0.388 e. The van der Waals surface area contributed by atoms with Gasteiger partial charge < -0.3 is 15.7 Å². The van der Waals surface area contributed by atoms with Crippen LogP contribution in [0.5, 0.6) is 0 Å². The Morgan fingerprint density at radius 2 is 2.10 bits per heavy atom. The van der Waals surface area contributed by atoms with Crippen molar-refractivity contribution in [3.05, 3.63) is 29.8 Å². The number of fused-ring (bicyclic) bond motifs is 1. The molecule has 4 nitrogen and oxygen atoms in total.